The molecule has 2 aliphatic carbocycles. The van der Waals surface area contributed by atoms with Crippen LogP contribution in [0.3, 0.4) is 0 Å². The van der Waals surface area contributed by atoms with Crippen LogP contribution in [0.4, 0.5) is 0 Å². The van der Waals surface area contributed by atoms with Crippen LogP contribution in [0.2, 0.25) is 0 Å². The van der Waals surface area contributed by atoms with Crippen LogP contribution in [0.5, 0.6) is 0 Å². The largest absolute Gasteiger partial charge is 0.314 e. The second-order valence-electron chi connectivity index (χ2n) is 6.60. The Bertz CT molecular complexity index is 216. The quantitative estimate of drug-likeness (QED) is 0.552. The first-order valence-corrected chi connectivity index (χ1v) is 8.61. The molecular formula is C17H33N. The number of hydrogen-bond acceptors (Lipinski definition) is 1. The van der Waals surface area contributed by atoms with Crippen LogP contribution in [0.15, 0.2) is 0 Å². The SMILES string of the molecule is CCCCCCCC(NCCC)C1C2CCCC21. The first kappa shape index (κ1) is 14.4. The molecule has 18 heavy (non-hydrogen) atoms. The van der Waals surface area contributed by atoms with E-state index in [4.69, 9.17) is 0 Å². The molecule has 0 aromatic rings. The molecule has 2 aliphatic rings. The molecule has 0 amide bonds. The molecule has 106 valence electrons. The van der Waals surface area contributed by atoms with Crippen molar-refractivity contribution in [2.75, 3.05) is 6.54 Å². The van der Waals surface area contributed by atoms with E-state index in [0.29, 0.717) is 0 Å². The van der Waals surface area contributed by atoms with Crippen LogP contribution < -0.4 is 5.32 Å². The highest BCUT2D eigenvalue weighted by atomic mass is 14.9. The number of hydrogen-bond donors (Lipinski definition) is 1. The summed E-state index contributed by atoms with van der Waals surface area (Å²) in [4.78, 5) is 0. The lowest BCUT2D eigenvalue weighted by Gasteiger charge is -2.20. The van der Waals surface area contributed by atoms with Crippen LogP contribution in [-0.2, 0) is 0 Å². The predicted octanol–water partition coefficient (Wildman–Crippen LogP) is 4.76. The van der Waals surface area contributed by atoms with Gasteiger partial charge in [-0.05, 0) is 50.0 Å². The van der Waals surface area contributed by atoms with Crippen molar-refractivity contribution in [2.45, 2.75) is 84.1 Å². The first-order valence-electron chi connectivity index (χ1n) is 8.61. The smallest absolute Gasteiger partial charge is 0.0101 e. The van der Waals surface area contributed by atoms with E-state index in [1.54, 1.807) is 0 Å². The molecule has 0 aliphatic heterocycles. The summed E-state index contributed by atoms with van der Waals surface area (Å²) < 4.78 is 0. The number of fused-ring (bicyclic) bond motifs is 1. The van der Waals surface area contributed by atoms with Crippen molar-refractivity contribution >= 4 is 0 Å². The second-order valence-corrected chi connectivity index (χ2v) is 6.60. The molecule has 0 saturated heterocycles. The van der Waals surface area contributed by atoms with Gasteiger partial charge in [0.25, 0.3) is 0 Å². The van der Waals surface area contributed by atoms with Gasteiger partial charge in [-0.1, -0.05) is 52.4 Å². The third kappa shape index (κ3) is 3.73. The van der Waals surface area contributed by atoms with Gasteiger partial charge in [-0.2, -0.15) is 0 Å². The van der Waals surface area contributed by atoms with E-state index in [0.717, 1.165) is 23.8 Å². The average molecular weight is 251 g/mol. The minimum absolute atomic E-state index is 0.863. The summed E-state index contributed by atoms with van der Waals surface area (Å²) >= 11 is 0. The van der Waals surface area contributed by atoms with Crippen molar-refractivity contribution < 1.29 is 0 Å². The zero-order chi connectivity index (χ0) is 12.8. The van der Waals surface area contributed by atoms with Gasteiger partial charge in [0.1, 0.15) is 0 Å². The number of rotatable bonds is 10. The molecule has 3 atom stereocenters. The van der Waals surface area contributed by atoms with Gasteiger partial charge >= 0.3 is 0 Å². The minimum atomic E-state index is 0.863. The van der Waals surface area contributed by atoms with E-state index >= 15 is 0 Å². The van der Waals surface area contributed by atoms with Crippen LogP contribution in [-0.4, -0.2) is 12.6 Å². The lowest BCUT2D eigenvalue weighted by molar-refractivity contribution is 0.372. The van der Waals surface area contributed by atoms with Gasteiger partial charge in [0.2, 0.25) is 0 Å². The maximum Gasteiger partial charge on any atom is 0.0101 e. The predicted molar refractivity (Wildman–Crippen MR) is 79.8 cm³/mol. The highest BCUT2D eigenvalue weighted by Crippen LogP contribution is 2.59. The highest BCUT2D eigenvalue weighted by molar-refractivity contribution is 5.06. The van der Waals surface area contributed by atoms with E-state index in [1.165, 1.54) is 70.8 Å². The Balaban J connectivity index is 1.65. The van der Waals surface area contributed by atoms with Gasteiger partial charge in [0.15, 0.2) is 0 Å². The van der Waals surface area contributed by atoms with Crippen molar-refractivity contribution in [3.8, 4) is 0 Å². The Kier molecular flexibility index (Phi) is 6.01. The summed E-state index contributed by atoms with van der Waals surface area (Å²) in [6.45, 7) is 5.82. The molecule has 1 nitrogen and oxygen atoms in total. The fraction of sp³-hybridized carbons (Fsp3) is 1.00. The molecule has 2 saturated carbocycles. The zero-order valence-electron chi connectivity index (χ0n) is 12.6. The molecule has 2 rings (SSSR count). The van der Waals surface area contributed by atoms with Gasteiger partial charge < -0.3 is 5.32 Å². The highest BCUT2D eigenvalue weighted by Gasteiger charge is 2.55. The Morgan fingerprint density at radius 1 is 0.944 bits per heavy atom. The Hall–Kier alpha value is -0.0400. The molecule has 0 aromatic heterocycles. The molecule has 3 unspecified atom stereocenters. The molecule has 0 spiro atoms. The van der Waals surface area contributed by atoms with Crippen LogP contribution in [0.1, 0.15) is 78.1 Å². The normalized spacial score (nSPS) is 31.3. The maximum absolute atomic E-state index is 3.85. The maximum atomic E-state index is 3.85. The first-order chi connectivity index (χ1) is 8.88. The summed E-state index contributed by atoms with van der Waals surface area (Å²) in [7, 11) is 0. The molecule has 0 aromatic carbocycles. The monoisotopic (exact) mass is 251 g/mol. The van der Waals surface area contributed by atoms with Crippen LogP contribution in [0, 0.1) is 17.8 Å². The molecular weight excluding hydrogens is 218 g/mol. The average Bonchev–Trinajstić information content (AvgIpc) is 2.85. The molecule has 2 fully saturated rings. The van der Waals surface area contributed by atoms with Crippen molar-refractivity contribution in [1.29, 1.82) is 0 Å². The van der Waals surface area contributed by atoms with Gasteiger partial charge in [0, 0.05) is 6.04 Å². The number of nitrogens with one attached hydrogen (secondary N) is 1. The van der Waals surface area contributed by atoms with Gasteiger partial charge in [-0.3, -0.25) is 0 Å². The van der Waals surface area contributed by atoms with Crippen molar-refractivity contribution in [3.63, 3.8) is 0 Å². The summed E-state index contributed by atoms with van der Waals surface area (Å²) in [6.07, 6.45) is 14.5. The van der Waals surface area contributed by atoms with E-state index in [-0.39, 0.29) is 0 Å². The minimum Gasteiger partial charge on any atom is -0.314 e. The summed E-state index contributed by atoms with van der Waals surface area (Å²) in [5.41, 5.74) is 0. The van der Waals surface area contributed by atoms with Gasteiger partial charge in [-0.25, -0.2) is 0 Å². The second kappa shape index (κ2) is 7.53. The molecule has 1 heteroatoms. The van der Waals surface area contributed by atoms with Crippen LogP contribution in [0.25, 0.3) is 0 Å². The summed E-state index contributed by atoms with van der Waals surface area (Å²) in [5, 5.41) is 3.85. The fourth-order valence-corrected chi connectivity index (χ4v) is 4.20. The molecule has 0 bridgehead atoms. The standard InChI is InChI=1S/C17H33N/c1-3-5-6-7-8-12-16(18-13-4-2)17-14-10-9-11-15(14)17/h14-18H,3-13H2,1-2H3. The molecule has 0 radical (unpaired) electrons. The molecule has 0 heterocycles. The Morgan fingerprint density at radius 2 is 1.67 bits per heavy atom. The summed E-state index contributed by atoms with van der Waals surface area (Å²) in [6, 6.07) is 0.863. The van der Waals surface area contributed by atoms with Crippen LogP contribution >= 0.6 is 0 Å². The number of unbranched alkanes of at least 4 members (excludes halogenated alkanes) is 4. The lowest BCUT2D eigenvalue weighted by atomic mass is 9.98. The van der Waals surface area contributed by atoms with Crippen molar-refractivity contribution in [3.05, 3.63) is 0 Å². The third-order valence-electron chi connectivity index (χ3n) is 5.21. The van der Waals surface area contributed by atoms with E-state index in [9.17, 15) is 0 Å². The van der Waals surface area contributed by atoms with Crippen molar-refractivity contribution in [1.82, 2.24) is 5.32 Å². The van der Waals surface area contributed by atoms with Gasteiger partial charge in [-0.15, -0.1) is 0 Å². The fourth-order valence-electron chi connectivity index (χ4n) is 4.20. The van der Waals surface area contributed by atoms with Crippen molar-refractivity contribution in [2.24, 2.45) is 17.8 Å². The third-order valence-corrected chi connectivity index (χ3v) is 5.21. The lowest BCUT2D eigenvalue weighted by Crippen LogP contribution is -2.33. The van der Waals surface area contributed by atoms with E-state index in [2.05, 4.69) is 19.2 Å². The summed E-state index contributed by atoms with van der Waals surface area (Å²) in [5.74, 6) is 3.31. The zero-order valence-corrected chi connectivity index (χ0v) is 12.6. The Morgan fingerprint density at radius 3 is 2.33 bits per heavy atom. The van der Waals surface area contributed by atoms with E-state index in [1.807, 2.05) is 0 Å². The Labute approximate surface area is 114 Å². The molecule has 1 N–H and O–H groups in total. The van der Waals surface area contributed by atoms with Gasteiger partial charge in [0.05, 0.1) is 0 Å². The topological polar surface area (TPSA) is 12.0 Å². The van der Waals surface area contributed by atoms with E-state index < -0.39 is 0 Å².